The van der Waals surface area contributed by atoms with Crippen molar-refractivity contribution in [2.45, 2.75) is 25.8 Å². The van der Waals surface area contributed by atoms with E-state index >= 15 is 4.39 Å². The third-order valence-electron chi connectivity index (χ3n) is 5.99. The second kappa shape index (κ2) is 7.83. The molecule has 0 saturated carbocycles. The number of nitrogen functional groups attached to an aromatic ring is 1. The van der Waals surface area contributed by atoms with E-state index in [1.54, 1.807) is 6.07 Å². The van der Waals surface area contributed by atoms with E-state index < -0.39 is 11.6 Å². The number of rotatable bonds is 2. The van der Waals surface area contributed by atoms with Gasteiger partial charge in [0, 0.05) is 34.3 Å². The lowest BCUT2D eigenvalue weighted by Gasteiger charge is -2.25. The predicted molar refractivity (Wildman–Crippen MR) is 128 cm³/mol. The van der Waals surface area contributed by atoms with Crippen LogP contribution in [0.1, 0.15) is 25.3 Å². The molecule has 5 rings (SSSR count). The first kappa shape index (κ1) is 21.4. The molecular formula is C23H17ClF2N6S. The number of hydrogen-bond acceptors (Lipinski definition) is 7. The molecule has 0 spiro atoms. The smallest absolute Gasteiger partial charge is 0.158 e. The molecule has 0 radical (unpaired) electrons. The average Bonchev–Trinajstić information content (AvgIpc) is 3.34. The molecule has 3 heterocycles. The summed E-state index contributed by atoms with van der Waals surface area (Å²) in [5, 5.41) is 10.5. The maximum Gasteiger partial charge on any atom is 0.158 e. The minimum Gasteiger partial charge on any atom is -0.403 e. The third-order valence-corrected chi connectivity index (χ3v) is 7.31. The fourth-order valence-corrected chi connectivity index (χ4v) is 5.70. The first-order chi connectivity index (χ1) is 15.9. The molecule has 1 aliphatic heterocycles. The highest BCUT2D eigenvalue weighted by Gasteiger charge is 2.30. The van der Waals surface area contributed by atoms with Crippen LogP contribution < -0.4 is 16.4 Å². The molecule has 2 aromatic heterocycles. The van der Waals surface area contributed by atoms with Crippen molar-refractivity contribution in [3.63, 3.8) is 0 Å². The van der Waals surface area contributed by atoms with Gasteiger partial charge in [-0.25, -0.2) is 18.7 Å². The van der Waals surface area contributed by atoms with Gasteiger partial charge in [0.25, 0.3) is 0 Å². The van der Waals surface area contributed by atoms with Crippen molar-refractivity contribution in [3.8, 4) is 17.2 Å². The quantitative estimate of drug-likeness (QED) is 0.380. The Morgan fingerprint density at radius 1 is 1.33 bits per heavy atom. The van der Waals surface area contributed by atoms with Crippen molar-refractivity contribution >= 4 is 54.7 Å². The number of fused-ring (bicyclic) bond motifs is 2. The highest BCUT2D eigenvalue weighted by molar-refractivity contribution is 7.23. The summed E-state index contributed by atoms with van der Waals surface area (Å²) in [7, 11) is 0. The Bertz CT molecular complexity index is 1520. The summed E-state index contributed by atoms with van der Waals surface area (Å²) >= 11 is 7.55. The number of nitriles is 1. The maximum atomic E-state index is 16.0. The minimum atomic E-state index is -0.687. The Morgan fingerprint density at radius 2 is 2.12 bits per heavy atom. The van der Waals surface area contributed by atoms with E-state index in [0.717, 1.165) is 29.9 Å². The number of halogens is 3. The number of nitrogens with zero attached hydrogens (tertiary/aromatic N) is 4. The van der Waals surface area contributed by atoms with Gasteiger partial charge in [-0.05, 0) is 37.5 Å². The summed E-state index contributed by atoms with van der Waals surface area (Å²) in [6.07, 6.45) is 4.49. The van der Waals surface area contributed by atoms with Crippen molar-refractivity contribution in [1.29, 1.82) is 5.26 Å². The number of thiophene rings is 1. The second-order valence-corrected chi connectivity index (χ2v) is 9.27. The average molecular weight is 483 g/mol. The zero-order valence-electron chi connectivity index (χ0n) is 17.4. The van der Waals surface area contributed by atoms with Gasteiger partial charge in [0.2, 0.25) is 0 Å². The van der Waals surface area contributed by atoms with Gasteiger partial charge in [0.05, 0.1) is 15.3 Å². The van der Waals surface area contributed by atoms with Gasteiger partial charge in [0.15, 0.2) is 5.82 Å². The van der Waals surface area contributed by atoms with E-state index in [-0.39, 0.29) is 48.4 Å². The van der Waals surface area contributed by atoms with Crippen molar-refractivity contribution in [2.24, 2.45) is 5.73 Å². The van der Waals surface area contributed by atoms with Crippen LogP contribution in [0.4, 0.5) is 19.6 Å². The zero-order chi connectivity index (χ0) is 23.4. The van der Waals surface area contributed by atoms with Crippen LogP contribution in [0.3, 0.4) is 0 Å². The van der Waals surface area contributed by atoms with E-state index in [0.29, 0.717) is 11.2 Å². The van der Waals surface area contributed by atoms with Crippen LogP contribution in [0.2, 0.25) is 5.02 Å². The van der Waals surface area contributed by atoms with Crippen LogP contribution >= 0.6 is 22.9 Å². The van der Waals surface area contributed by atoms with E-state index in [1.165, 1.54) is 24.7 Å². The number of anilines is 2. The van der Waals surface area contributed by atoms with E-state index in [2.05, 4.69) is 9.97 Å². The number of nitrogens with two attached hydrogens (primary N) is 2. The predicted octanol–water partition coefficient (Wildman–Crippen LogP) is 5.69. The van der Waals surface area contributed by atoms with E-state index in [4.69, 9.17) is 23.1 Å². The van der Waals surface area contributed by atoms with Gasteiger partial charge < -0.3 is 16.4 Å². The van der Waals surface area contributed by atoms with Crippen molar-refractivity contribution in [3.05, 3.63) is 58.6 Å². The summed E-state index contributed by atoms with van der Waals surface area (Å²) in [6.45, 7) is 2.04. The van der Waals surface area contributed by atoms with Crippen LogP contribution in [0, 0.1) is 23.0 Å². The maximum absolute atomic E-state index is 16.0. The zero-order valence-corrected chi connectivity index (χ0v) is 18.9. The van der Waals surface area contributed by atoms with E-state index in [9.17, 15) is 9.65 Å². The molecular weight excluding hydrogens is 466 g/mol. The van der Waals surface area contributed by atoms with Gasteiger partial charge in [-0.3, -0.25) is 0 Å². The molecule has 4 N–H and O–H groups in total. The molecule has 10 heteroatoms. The molecule has 166 valence electrons. The van der Waals surface area contributed by atoms with Crippen LogP contribution in [0.15, 0.2) is 36.4 Å². The Morgan fingerprint density at radius 3 is 2.85 bits per heavy atom. The normalized spacial score (nSPS) is 17.4. The molecule has 1 fully saturated rings. The molecule has 1 aliphatic rings. The summed E-state index contributed by atoms with van der Waals surface area (Å²) in [5.41, 5.74) is 13.1. The Labute approximate surface area is 196 Å². The molecule has 0 amide bonds. The van der Waals surface area contributed by atoms with Crippen molar-refractivity contribution in [2.75, 3.05) is 10.6 Å². The number of benzene rings is 2. The van der Waals surface area contributed by atoms with Crippen molar-refractivity contribution in [1.82, 2.24) is 9.97 Å². The van der Waals surface area contributed by atoms with Gasteiger partial charge in [0.1, 0.15) is 34.5 Å². The molecule has 0 aliphatic carbocycles. The lowest BCUT2D eigenvalue weighted by Crippen LogP contribution is -2.27. The Hall–Kier alpha value is -3.48. The standard InChI is InChI=1S/C23H17ClF2N6S/c1-10-2-3-11(7-27)32(10)23-13-6-15(24)18(19(26)20(13)30-9-31-23)12-4-5-16(25)21-17(12)14(8-28)22(29)33-21/h4-7,9-10H,2-3,27,29H2,1H3/b11-7+. The van der Waals surface area contributed by atoms with Crippen LogP contribution in [-0.2, 0) is 0 Å². The first-order valence-electron chi connectivity index (χ1n) is 10.1. The Balaban J connectivity index is 1.82. The molecule has 2 aromatic carbocycles. The van der Waals surface area contributed by atoms with Crippen molar-refractivity contribution < 1.29 is 8.78 Å². The SMILES string of the molecule is CC1CC/C(=C\N)N1c1ncnc2c(F)c(-c3ccc(F)c4sc(N)c(C#N)c34)c(Cl)cc12. The fourth-order valence-electron chi connectivity index (χ4n) is 4.46. The number of allylic oxidation sites excluding steroid dienone is 1. The summed E-state index contributed by atoms with van der Waals surface area (Å²) < 4.78 is 30.6. The Kier molecular flexibility index (Phi) is 5.07. The molecule has 1 atom stereocenters. The molecule has 1 unspecified atom stereocenters. The largest absolute Gasteiger partial charge is 0.403 e. The van der Waals surface area contributed by atoms with Crippen LogP contribution in [0.25, 0.3) is 32.1 Å². The van der Waals surface area contributed by atoms with Crippen LogP contribution in [0.5, 0.6) is 0 Å². The second-order valence-electron chi connectivity index (χ2n) is 7.81. The fraction of sp³-hybridized carbons (Fsp3) is 0.174. The summed E-state index contributed by atoms with van der Waals surface area (Å²) in [4.78, 5) is 10.5. The van der Waals surface area contributed by atoms with Gasteiger partial charge in [-0.15, -0.1) is 11.3 Å². The summed E-state index contributed by atoms with van der Waals surface area (Å²) in [5.74, 6) is -0.721. The number of hydrogen-bond donors (Lipinski definition) is 2. The molecule has 0 bridgehead atoms. The third kappa shape index (κ3) is 3.09. The lowest BCUT2D eigenvalue weighted by molar-refractivity contribution is 0.638. The minimum absolute atomic E-state index is 0.0252. The highest BCUT2D eigenvalue weighted by Crippen LogP contribution is 2.46. The summed E-state index contributed by atoms with van der Waals surface area (Å²) in [6, 6.07) is 6.33. The van der Waals surface area contributed by atoms with Gasteiger partial charge in [-0.2, -0.15) is 5.26 Å². The van der Waals surface area contributed by atoms with E-state index in [1.807, 2.05) is 17.9 Å². The monoisotopic (exact) mass is 482 g/mol. The molecule has 4 aromatic rings. The molecule has 33 heavy (non-hydrogen) atoms. The lowest BCUT2D eigenvalue weighted by atomic mass is 9.97. The molecule has 6 nitrogen and oxygen atoms in total. The topological polar surface area (TPSA) is 105 Å². The molecule has 1 saturated heterocycles. The van der Waals surface area contributed by atoms with Gasteiger partial charge in [-0.1, -0.05) is 17.7 Å². The first-order valence-corrected chi connectivity index (χ1v) is 11.3. The van der Waals surface area contributed by atoms with Gasteiger partial charge >= 0.3 is 0 Å². The van der Waals surface area contributed by atoms with Crippen LogP contribution in [-0.4, -0.2) is 16.0 Å². The number of aromatic nitrogens is 2. The highest BCUT2D eigenvalue weighted by atomic mass is 35.5.